The van der Waals surface area contributed by atoms with Crippen LogP contribution in [-0.4, -0.2) is 49.5 Å². The predicted molar refractivity (Wildman–Crippen MR) is 101 cm³/mol. The van der Waals surface area contributed by atoms with Gasteiger partial charge in [-0.25, -0.2) is 4.79 Å². The third-order valence-electron chi connectivity index (χ3n) is 4.88. The third kappa shape index (κ3) is 2.82. The second kappa shape index (κ2) is 6.24. The lowest BCUT2D eigenvalue weighted by molar-refractivity contribution is -0.168. The van der Waals surface area contributed by atoms with Gasteiger partial charge in [0.2, 0.25) is 5.91 Å². The van der Waals surface area contributed by atoms with Gasteiger partial charge in [0, 0.05) is 9.22 Å². The van der Waals surface area contributed by atoms with E-state index >= 15 is 0 Å². The number of halogens is 1. The highest BCUT2D eigenvalue weighted by Gasteiger charge is 2.70. The first-order chi connectivity index (χ1) is 12.0. The molecule has 4 atom stereocenters. The number of carbonyl (C=O) groups excluding carboxylic acids is 2. The van der Waals surface area contributed by atoms with Gasteiger partial charge < -0.3 is 21.1 Å². The molecular formula is C17H20BrN3O4S. The maximum Gasteiger partial charge on any atom is 0.327 e. The fourth-order valence-electron chi connectivity index (χ4n) is 3.52. The molecular weight excluding hydrogens is 422 g/mol. The molecule has 0 radical (unpaired) electrons. The van der Waals surface area contributed by atoms with Gasteiger partial charge in [-0.05, 0) is 38.5 Å². The van der Waals surface area contributed by atoms with Crippen molar-refractivity contribution in [1.29, 1.82) is 0 Å². The van der Waals surface area contributed by atoms with Crippen LogP contribution >= 0.6 is 27.7 Å². The summed E-state index contributed by atoms with van der Waals surface area (Å²) >= 11 is 4.72. The standard InChI is InChI=1S/C17H20BrN3O4S/c1-16(2)11(13(23)24)21-14(25)17(3,15(21)26-16)20-12(22)10(19)8-5-4-6-9(18)7-8/h4-7,10-11,15H,19H2,1-3H3,(H,20,22)(H,23,24)/t10?,11-,15+,17?/m0/s1. The van der Waals surface area contributed by atoms with Crippen molar-refractivity contribution in [1.82, 2.24) is 10.2 Å². The molecule has 2 aliphatic rings. The molecule has 2 fully saturated rings. The Balaban J connectivity index is 1.79. The van der Waals surface area contributed by atoms with E-state index in [9.17, 15) is 19.5 Å². The first-order valence-corrected chi connectivity index (χ1v) is 9.73. The molecule has 26 heavy (non-hydrogen) atoms. The molecule has 3 rings (SSSR count). The zero-order valence-corrected chi connectivity index (χ0v) is 16.9. The summed E-state index contributed by atoms with van der Waals surface area (Å²) < 4.78 is 0.147. The number of nitrogens with zero attached hydrogens (tertiary/aromatic N) is 1. The van der Waals surface area contributed by atoms with Gasteiger partial charge in [0.15, 0.2) is 0 Å². The highest BCUT2D eigenvalue weighted by Crippen LogP contribution is 2.54. The summed E-state index contributed by atoms with van der Waals surface area (Å²) in [6.45, 7) is 5.20. The number of rotatable bonds is 4. The second-order valence-electron chi connectivity index (χ2n) is 7.25. The van der Waals surface area contributed by atoms with Gasteiger partial charge in [-0.2, -0.15) is 0 Å². The predicted octanol–water partition coefficient (Wildman–Crippen LogP) is 1.47. The molecule has 0 spiro atoms. The summed E-state index contributed by atoms with van der Waals surface area (Å²) in [4.78, 5) is 38.3. The summed E-state index contributed by atoms with van der Waals surface area (Å²) in [5.41, 5.74) is 5.49. The largest absolute Gasteiger partial charge is 0.480 e. The first-order valence-electron chi connectivity index (χ1n) is 8.05. The summed E-state index contributed by atoms with van der Waals surface area (Å²) in [5, 5.41) is 11.8. The average Bonchev–Trinajstić information content (AvgIpc) is 2.83. The zero-order chi connectivity index (χ0) is 19.4. The molecule has 4 N–H and O–H groups in total. The lowest BCUT2D eigenvalue weighted by Crippen LogP contribution is -2.78. The van der Waals surface area contributed by atoms with Crippen LogP contribution in [0.15, 0.2) is 28.7 Å². The van der Waals surface area contributed by atoms with E-state index in [2.05, 4.69) is 21.2 Å². The normalized spacial score (nSPS) is 30.3. The number of hydrogen-bond donors (Lipinski definition) is 3. The number of β-lactam (4-membered cyclic amide) rings is 1. The number of benzene rings is 1. The lowest BCUT2D eigenvalue weighted by atomic mass is 9.85. The quantitative estimate of drug-likeness (QED) is 0.609. The van der Waals surface area contributed by atoms with E-state index in [1.807, 2.05) is 6.07 Å². The Morgan fingerprint density at radius 3 is 2.62 bits per heavy atom. The number of nitrogens with one attached hydrogen (secondary N) is 1. The van der Waals surface area contributed by atoms with E-state index in [1.165, 1.54) is 16.7 Å². The molecule has 0 bridgehead atoms. The van der Waals surface area contributed by atoms with Gasteiger partial charge in [0.1, 0.15) is 23.0 Å². The van der Waals surface area contributed by atoms with E-state index in [1.54, 1.807) is 39.0 Å². The smallest absolute Gasteiger partial charge is 0.327 e. The number of carboxylic acids is 1. The van der Waals surface area contributed by atoms with Crippen LogP contribution in [0.2, 0.25) is 0 Å². The van der Waals surface area contributed by atoms with E-state index < -0.39 is 45.5 Å². The Morgan fingerprint density at radius 2 is 2.04 bits per heavy atom. The minimum absolute atomic E-state index is 0.400. The maximum absolute atomic E-state index is 12.7. The van der Waals surface area contributed by atoms with Crippen molar-refractivity contribution in [3.05, 3.63) is 34.3 Å². The van der Waals surface area contributed by atoms with Crippen LogP contribution in [-0.2, 0) is 14.4 Å². The van der Waals surface area contributed by atoms with Gasteiger partial charge in [-0.3, -0.25) is 9.59 Å². The number of amides is 2. The molecule has 7 nitrogen and oxygen atoms in total. The SMILES string of the molecule is CC1(C)S[C@H]2N(C(=O)C2(C)NC(=O)C(N)c2cccc(Br)c2)[C@H]1C(=O)O. The van der Waals surface area contributed by atoms with E-state index in [0.717, 1.165) is 4.47 Å². The monoisotopic (exact) mass is 441 g/mol. The van der Waals surface area contributed by atoms with Crippen LogP contribution in [0.1, 0.15) is 32.4 Å². The summed E-state index contributed by atoms with van der Waals surface area (Å²) in [7, 11) is 0. The van der Waals surface area contributed by atoms with Crippen molar-refractivity contribution in [2.45, 2.75) is 48.5 Å². The molecule has 1 aromatic rings. The highest BCUT2D eigenvalue weighted by molar-refractivity contribution is 9.10. The lowest BCUT2D eigenvalue weighted by Gasteiger charge is -2.51. The molecule has 2 unspecified atom stereocenters. The topological polar surface area (TPSA) is 113 Å². The maximum atomic E-state index is 12.7. The molecule has 2 saturated heterocycles. The number of carbonyl (C=O) groups is 3. The van der Waals surface area contributed by atoms with Crippen molar-refractivity contribution in [3.63, 3.8) is 0 Å². The van der Waals surface area contributed by atoms with Crippen LogP contribution in [0.5, 0.6) is 0 Å². The molecule has 0 saturated carbocycles. The Hall–Kier alpha value is -1.58. The zero-order valence-electron chi connectivity index (χ0n) is 14.5. The van der Waals surface area contributed by atoms with Crippen molar-refractivity contribution >= 4 is 45.5 Å². The van der Waals surface area contributed by atoms with Crippen LogP contribution in [0.25, 0.3) is 0 Å². The number of carboxylic acid groups (broad SMARTS) is 1. The Kier molecular flexibility index (Phi) is 4.61. The van der Waals surface area contributed by atoms with Gasteiger partial charge in [0.25, 0.3) is 5.91 Å². The molecule has 2 amide bonds. The molecule has 0 aliphatic carbocycles. The number of hydrogen-bond acceptors (Lipinski definition) is 5. The fraction of sp³-hybridized carbons (Fsp3) is 0.471. The van der Waals surface area contributed by atoms with Crippen LogP contribution in [0.4, 0.5) is 0 Å². The Morgan fingerprint density at radius 1 is 1.38 bits per heavy atom. The summed E-state index contributed by atoms with van der Waals surface area (Å²) in [6, 6.07) is 5.23. The molecule has 0 aromatic heterocycles. The molecule has 2 aliphatic heterocycles. The first kappa shape index (κ1) is 19.2. The van der Waals surface area contributed by atoms with Gasteiger partial charge in [-0.1, -0.05) is 28.1 Å². The van der Waals surface area contributed by atoms with Crippen molar-refractivity contribution in [2.24, 2.45) is 5.73 Å². The van der Waals surface area contributed by atoms with E-state index in [4.69, 9.17) is 5.73 Å². The molecule has 140 valence electrons. The summed E-state index contributed by atoms with van der Waals surface area (Å²) in [6.07, 6.45) is 0. The Bertz CT molecular complexity index is 802. The average molecular weight is 442 g/mol. The molecule has 1 aromatic carbocycles. The fourth-order valence-corrected chi connectivity index (χ4v) is 5.59. The number of aliphatic carboxylic acids is 1. The van der Waals surface area contributed by atoms with Crippen LogP contribution < -0.4 is 11.1 Å². The molecule has 9 heteroatoms. The van der Waals surface area contributed by atoms with E-state index in [-0.39, 0.29) is 0 Å². The summed E-state index contributed by atoms with van der Waals surface area (Å²) in [5.74, 6) is -1.92. The minimum atomic E-state index is -1.17. The van der Waals surface area contributed by atoms with Gasteiger partial charge >= 0.3 is 5.97 Å². The van der Waals surface area contributed by atoms with Crippen molar-refractivity contribution < 1.29 is 19.5 Å². The molecule has 2 heterocycles. The van der Waals surface area contributed by atoms with Crippen LogP contribution in [0.3, 0.4) is 0 Å². The third-order valence-corrected chi connectivity index (χ3v) is 7.13. The van der Waals surface area contributed by atoms with Gasteiger partial charge in [0.05, 0.1) is 0 Å². The van der Waals surface area contributed by atoms with Gasteiger partial charge in [-0.15, -0.1) is 11.8 Å². The minimum Gasteiger partial charge on any atom is -0.480 e. The highest BCUT2D eigenvalue weighted by atomic mass is 79.9. The number of nitrogens with two attached hydrogens (primary N) is 1. The van der Waals surface area contributed by atoms with Crippen molar-refractivity contribution in [2.75, 3.05) is 0 Å². The number of thioether (sulfide) groups is 1. The number of fused-ring (bicyclic) bond motifs is 1. The van der Waals surface area contributed by atoms with Crippen molar-refractivity contribution in [3.8, 4) is 0 Å². The van der Waals surface area contributed by atoms with E-state index in [0.29, 0.717) is 5.56 Å². The second-order valence-corrected chi connectivity index (χ2v) is 9.90. The Labute approximate surface area is 163 Å². The van der Waals surface area contributed by atoms with Crippen LogP contribution in [0, 0.1) is 0 Å².